The minimum absolute atomic E-state index is 0.0155. The second-order valence-electron chi connectivity index (χ2n) is 3.90. The number of hydrogen-bond donors (Lipinski definition) is 1. The third-order valence-corrected chi connectivity index (χ3v) is 4.16. The first-order valence-corrected chi connectivity index (χ1v) is 6.76. The Morgan fingerprint density at radius 1 is 1.00 bits per heavy atom. The number of carbonyl (C=O) groups is 1. The standard InChI is InChI=1S/C13H6Cl4FNO/c14-7-4-8(15)11(16)12(17)10(7)13(20)6-2-1-5(18)3-9(6)19/h1-4H,19H2. The normalized spacial score (nSPS) is 10.7. The zero-order valence-electron chi connectivity index (χ0n) is 9.68. The first-order chi connectivity index (χ1) is 9.32. The van der Waals surface area contributed by atoms with E-state index in [1.807, 2.05) is 0 Å². The molecule has 0 bridgehead atoms. The minimum Gasteiger partial charge on any atom is -0.398 e. The highest BCUT2D eigenvalue weighted by Gasteiger charge is 2.22. The van der Waals surface area contributed by atoms with Gasteiger partial charge in [-0.1, -0.05) is 46.4 Å². The first-order valence-electron chi connectivity index (χ1n) is 5.25. The average Bonchev–Trinajstić information content (AvgIpc) is 2.36. The molecule has 7 heteroatoms. The fourth-order valence-electron chi connectivity index (χ4n) is 1.65. The van der Waals surface area contributed by atoms with Gasteiger partial charge in [0.05, 0.1) is 25.7 Å². The van der Waals surface area contributed by atoms with Gasteiger partial charge in [0.25, 0.3) is 0 Å². The largest absolute Gasteiger partial charge is 0.398 e. The Hall–Kier alpha value is -1.000. The molecule has 0 aliphatic rings. The Morgan fingerprint density at radius 3 is 2.25 bits per heavy atom. The number of benzene rings is 2. The Kier molecular flexibility index (Phi) is 4.45. The van der Waals surface area contributed by atoms with Crippen molar-refractivity contribution in [3.63, 3.8) is 0 Å². The molecule has 0 amide bonds. The molecule has 0 aromatic heterocycles. The van der Waals surface area contributed by atoms with Gasteiger partial charge in [0, 0.05) is 11.3 Å². The van der Waals surface area contributed by atoms with Crippen LogP contribution in [0.1, 0.15) is 15.9 Å². The highest BCUT2D eigenvalue weighted by atomic mass is 35.5. The lowest BCUT2D eigenvalue weighted by molar-refractivity contribution is 0.104. The molecular weight excluding hydrogens is 347 g/mol. The summed E-state index contributed by atoms with van der Waals surface area (Å²) in [6.07, 6.45) is 0. The van der Waals surface area contributed by atoms with Crippen LogP contribution in [-0.2, 0) is 0 Å². The molecule has 0 unspecified atom stereocenters. The van der Waals surface area contributed by atoms with Crippen LogP contribution in [0, 0.1) is 5.82 Å². The molecule has 0 spiro atoms. The van der Waals surface area contributed by atoms with E-state index in [1.165, 1.54) is 12.1 Å². The maximum atomic E-state index is 13.0. The van der Waals surface area contributed by atoms with Crippen LogP contribution in [0.5, 0.6) is 0 Å². The van der Waals surface area contributed by atoms with Crippen molar-refractivity contribution in [3.8, 4) is 0 Å². The van der Waals surface area contributed by atoms with Gasteiger partial charge < -0.3 is 5.73 Å². The van der Waals surface area contributed by atoms with E-state index < -0.39 is 11.6 Å². The van der Waals surface area contributed by atoms with Gasteiger partial charge in [0.2, 0.25) is 0 Å². The van der Waals surface area contributed by atoms with Gasteiger partial charge >= 0.3 is 0 Å². The third kappa shape index (κ3) is 2.72. The number of nitrogen functional groups attached to an aromatic ring is 1. The van der Waals surface area contributed by atoms with Crippen LogP contribution in [0.15, 0.2) is 24.3 Å². The summed E-state index contributed by atoms with van der Waals surface area (Å²) in [6.45, 7) is 0. The molecule has 0 fully saturated rings. The zero-order valence-corrected chi connectivity index (χ0v) is 12.7. The lowest BCUT2D eigenvalue weighted by atomic mass is 10.0. The molecule has 0 saturated carbocycles. The van der Waals surface area contributed by atoms with Crippen LogP contribution in [0.4, 0.5) is 10.1 Å². The number of ketones is 1. The van der Waals surface area contributed by atoms with Gasteiger partial charge in [0.1, 0.15) is 5.82 Å². The van der Waals surface area contributed by atoms with Crippen molar-refractivity contribution in [1.82, 2.24) is 0 Å². The highest BCUT2D eigenvalue weighted by Crippen LogP contribution is 2.38. The molecule has 0 saturated heterocycles. The number of carbonyl (C=O) groups excluding carboxylic acids is 1. The zero-order chi connectivity index (χ0) is 15.0. The summed E-state index contributed by atoms with van der Waals surface area (Å²) in [5, 5.41) is 0.114. The van der Waals surface area contributed by atoms with Crippen LogP contribution in [0.2, 0.25) is 20.1 Å². The number of hydrogen-bond acceptors (Lipinski definition) is 2. The number of rotatable bonds is 2. The summed E-state index contributed by atoms with van der Waals surface area (Å²) in [5.74, 6) is -1.11. The van der Waals surface area contributed by atoms with Crippen LogP contribution in [0.25, 0.3) is 0 Å². The quantitative estimate of drug-likeness (QED) is 0.347. The Balaban J connectivity index is 2.63. The predicted octanol–water partition coefficient (Wildman–Crippen LogP) is 5.25. The van der Waals surface area contributed by atoms with Gasteiger partial charge in [-0.2, -0.15) is 0 Å². The molecule has 0 aliphatic heterocycles. The van der Waals surface area contributed by atoms with E-state index in [9.17, 15) is 9.18 Å². The van der Waals surface area contributed by atoms with E-state index in [-0.39, 0.29) is 36.9 Å². The monoisotopic (exact) mass is 351 g/mol. The molecule has 0 atom stereocenters. The highest BCUT2D eigenvalue weighted by molar-refractivity contribution is 6.51. The molecule has 20 heavy (non-hydrogen) atoms. The second kappa shape index (κ2) is 5.78. The Morgan fingerprint density at radius 2 is 1.65 bits per heavy atom. The summed E-state index contributed by atoms with van der Waals surface area (Å²) in [7, 11) is 0. The number of halogens is 5. The third-order valence-electron chi connectivity index (χ3n) is 2.60. The smallest absolute Gasteiger partial charge is 0.198 e. The van der Waals surface area contributed by atoms with Crippen LogP contribution in [-0.4, -0.2) is 5.78 Å². The molecule has 0 radical (unpaired) electrons. The van der Waals surface area contributed by atoms with Crippen LogP contribution >= 0.6 is 46.4 Å². The summed E-state index contributed by atoms with van der Waals surface area (Å²) in [4.78, 5) is 12.4. The van der Waals surface area contributed by atoms with Crippen molar-refractivity contribution in [2.24, 2.45) is 0 Å². The summed E-state index contributed by atoms with van der Waals surface area (Å²) in [5.41, 5.74) is 5.65. The predicted molar refractivity (Wildman–Crippen MR) is 80.7 cm³/mol. The average molecular weight is 353 g/mol. The fraction of sp³-hybridized carbons (Fsp3) is 0. The Labute approximate surface area is 134 Å². The van der Waals surface area contributed by atoms with Crippen molar-refractivity contribution in [3.05, 3.63) is 61.3 Å². The van der Waals surface area contributed by atoms with Gasteiger partial charge in [-0.15, -0.1) is 0 Å². The second-order valence-corrected chi connectivity index (χ2v) is 5.47. The first kappa shape index (κ1) is 15.4. The maximum Gasteiger partial charge on any atom is 0.198 e. The molecule has 0 heterocycles. The van der Waals surface area contributed by atoms with E-state index in [2.05, 4.69) is 0 Å². The fourth-order valence-corrected chi connectivity index (χ4v) is 2.73. The van der Waals surface area contributed by atoms with E-state index in [1.54, 1.807) is 0 Å². The molecule has 0 aliphatic carbocycles. The van der Waals surface area contributed by atoms with Gasteiger partial charge in [0.15, 0.2) is 5.78 Å². The van der Waals surface area contributed by atoms with Crippen molar-refractivity contribution < 1.29 is 9.18 Å². The molecular formula is C13H6Cl4FNO. The molecule has 2 rings (SSSR count). The topological polar surface area (TPSA) is 43.1 Å². The molecule has 2 aromatic rings. The minimum atomic E-state index is -0.559. The van der Waals surface area contributed by atoms with Crippen molar-refractivity contribution in [1.29, 1.82) is 0 Å². The molecule has 2 aromatic carbocycles. The van der Waals surface area contributed by atoms with Crippen molar-refractivity contribution >= 4 is 57.9 Å². The van der Waals surface area contributed by atoms with Gasteiger partial charge in [-0.05, 0) is 24.3 Å². The van der Waals surface area contributed by atoms with E-state index in [0.29, 0.717) is 0 Å². The SMILES string of the molecule is Nc1cc(F)ccc1C(=O)c1c(Cl)cc(Cl)c(Cl)c1Cl. The van der Waals surface area contributed by atoms with E-state index in [0.717, 1.165) is 12.1 Å². The van der Waals surface area contributed by atoms with Crippen LogP contribution < -0.4 is 5.73 Å². The van der Waals surface area contributed by atoms with E-state index in [4.69, 9.17) is 52.1 Å². The van der Waals surface area contributed by atoms with E-state index >= 15 is 0 Å². The summed E-state index contributed by atoms with van der Waals surface area (Å²) >= 11 is 23.7. The van der Waals surface area contributed by atoms with Gasteiger partial charge in [-0.3, -0.25) is 4.79 Å². The maximum absolute atomic E-state index is 13.0. The number of nitrogens with two attached hydrogens (primary N) is 1. The number of anilines is 1. The summed E-state index contributed by atoms with van der Waals surface area (Å²) < 4.78 is 13.0. The van der Waals surface area contributed by atoms with Crippen molar-refractivity contribution in [2.75, 3.05) is 5.73 Å². The lowest BCUT2D eigenvalue weighted by Crippen LogP contribution is -2.07. The summed E-state index contributed by atoms with van der Waals surface area (Å²) in [6, 6.07) is 4.71. The molecule has 2 nitrogen and oxygen atoms in total. The lowest BCUT2D eigenvalue weighted by Gasteiger charge is -2.10. The van der Waals surface area contributed by atoms with Crippen molar-refractivity contribution in [2.45, 2.75) is 0 Å². The van der Waals surface area contributed by atoms with Gasteiger partial charge in [-0.25, -0.2) is 4.39 Å². The molecule has 2 N–H and O–H groups in total. The Bertz CT molecular complexity index is 718. The van der Waals surface area contributed by atoms with Crippen LogP contribution in [0.3, 0.4) is 0 Å². The molecule has 104 valence electrons.